The zero-order chi connectivity index (χ0) is 13.7. The van der Waals surface area contributed by atoms with Crippen molar-refractivity contribution in [2.24, 2.45) is 0 Å². The Morgan fingerprint density at radius 3 is 2.44 bits per heavy atom. The molecule has 0 saturated carbocycles. The molecule has 1 unspecified atom stereocenters. The number of hydrogen-bond acceptors (Lipinski definition) is 5. The first-order valence-corrected chi connectivity index (χ1v) is 6.06. The Kier molecular flexibility index (Phi) is 5.11. The number of carbonyl (C=O) groups is 1. The minimum absolute atomic E-state index is 0.0346. The van der Waals surface area contributed by atoms with Gasteiger partial charge in [-0.25, -0.2) is 5.06 Å². The van der Waals surface area contributed by atoms with E-state index in [0.717, 1.165) is 9.96 Å². The summed E-state index contributed by atoms with van der Waals surface area (Å²) in [6, 6.07) is 6.08. The van der Waals surface area contributed by atoms with E-state index in [4.69, 9.17) is 4.84 Å². The van der Waals surface area contributed by atoms with Gasteiger partial charge in [0.15, 0.2) is 0 Å². The maximum Gasteiger partial charge on any atom is 0.269 e. The first kappa shape index (κ1) is 14.5. The fraction of sp³-hybridized carbons (Fsp3) is 0.364. The van der Waals surface area contributed by atoms with Crippen LogP contribution in [0.5, 0.6) is 0 Å². The number of benzene rings is 1. The van der Waals surface area contributed by atoms with Gasteiger partial charge in [-0.15, -0.1) is 11.8 Å². The summed E-state index contributed by atoms with van der Waals surface area (Å²) >= 11 is 1.32. The lowest BCUT2D eigenvalue weighted by atomic mass is 10.3. The summed E-state index contributed by atoms with van der Waals surface area (Å²) in [5, 5.41) is 11.3. The molecule has 0 fully saturated rings. The second kappa shape index (κ2) is 6.36. The van der Waals surface area contributed by atoms with Crippen LogP contribution in [-0.2, 0) is 9.63 Å². The third-order valence-electron chi connectivity index (χ3n) is 2.29. The first-order chi connectivity index (χ1) is 8.45. The van der Waals surface area contributed by atoms with Crippen molar-refractivity contribution in [2.45, 2.75) is 17.1 Å². The molecule has 0 heterocycles. The maximum atomic E-state index is 11.7. The molecule has 1 aromatic carbocycles. The van der Waals surface area contributed by atoms with Crippen molar-refractivity contribution in [3.05, 3.63) is 34.4 Å². The fourth-order valence-electron chi connectivity index (χ4n) is 1.25. The van der Waals surface area contributed by atoms with Gasteiger partial charge in [-0.2, -0.15) is 0 Å². The molecule has 18 heavy (non-hydrogen) atoms. The molecular weight excluding hydrogens is 256 g/mol. The highest BCUT2D eigenvalue weighted by atomic mass is 32.2. The largest absolute Gasteiger partial charge is 0.275 e. The SMILES string of the molecule is CON(C)C(=O)C(C)Sc1ccc([N+](=O)[O-])cc1. The third-order valence-corrected chi connectivity index (χ3v) is 3.39. The van der Waals surface area contributed by atoms with Gasteiger partial charge in [0.05, 0.1) is 17.3 Å². The Morgan fingerprint density at radius 2 is 2.00 bits per heavy atom. The smallest absolute Gasteiger partial charge is 0.269 e. The van der Waals surface area contributed by atoms with Gasteiger partial charge in [0.2, 0.25) is 0 Å². The summed E-state index contributed by atoms with van der Waals surface area (Å²) in [6.07, 6.45) is 0. The van der Waals surface area contributed by atoms with Gasteiger partial charge in [0.1, 0.15) is 0 Å². The number of thioether (sulfide) groups is 1. The summed E-state index contributed by atoms with van der Waals surface area (Å²) in [5.41, 5.74) is 0.0346. The topological polar surface area (TPSA) is 72.7 Å². The molecule has 0 aliphatic rings. The second-order valence-electron chi connectivity index (χ2n) is 3.53. The Morgan fingerprint density at radius 1 is 1.44 bits per heavy atom. The van der Waals surface area contributed by atoms with E-state index in [1.165, 1.54) is 38.1 Å². The van der Waals surface area contributed by atoms with E-state index < -0.39 is 4.92 Å². The van der Waals surface area contributed by atoms with Gasteiger partial charge >= 0.3 is 0 Å². The van der Waals surface area contributed by atoms with Crippen molar-refractivity contribution >= 4 is 23.4 Å². The summed E-state index contributed by atoms with van der Waals surface area (Å²) in [5.74, 6) is -0.166. The predicted octanol–water partition coefficient (Wildman–Crippen LogP) is 2.10. The van der Waals surface area contributed by atoms with Crippen LogP contribution in [0.3, 0.4) is 0 Å². The number of nitro benzene ring substituents is 1. The lowest BCUT2D eigenvalue weighted by molar-refractivity contribution is -0.384. The van der Waals surface area contributed by atoms with Crippen molar-refractivity contribution in [1.82, 2.24) is 5.06 Å². The molecule has 0 aromatic heterocycles. The van der Waals surface area contributed by atoms with Gasteiger partial charge in [-0.1, -0.05) is 0 Å². The van der Waals surface area contributed by atoms with Gasteiger partial charge in [0, 0.05) is 24.1 Å². The molecular formula is C11H14N2O4S. The molecule has 0 spiro atoms. The van der Waals surface area contributed by atoms with Crippen LogP contribution in [0.4, 0.5) is 5.69 Å². The minimum atomic E-state index is -0.457. The van der Waals surface area contributed by atoms with Crippen molar-refractivity contribution in [3.8, 4) is 0 Å². The average Bonchev–Trinajstić information content (AvgIpc) is 2.37. The number of amides is 1. The molecule has 1 atom stereocenters. The van der Waals surface area contributed by atoms with Crippen LogP contribution in [0.25, 0.3) is 0 Å². The number of rotatable bonds is 5. The number of hydrogen-bond donors (Lipinski definition) is 0. The van der Waals surface area contributed by atoms with E-state index in [0.29, 0.717) is 0 Å². The quantitative estimate of drug-likeness (QED) is 0.465. The molecule has 0 N–H and O–H groups in total. The number of carbonyl (C=O) groups excluding carboxylic acids is 1. The lowest BCUT2D eigenvalue weighted by Gasteiger charge is -2.18. The molecule has 1 rings (SSSR count). The molecule has 1 aromatic rings. The van der Waals surface area contributed by atoms with Crippen molar-refractivity contribution in [2.75, 3.05) is 14.2 Å². The molecule has 1 amide bonds. The Hall–Kier alpha value is -1.60. The lowest BCUT2D eigenvalue weighted by Crippen LogP contribution is -2.32. The highest BCUT2D eigenvalue weighted by Gasteiger charge is 2.18. The van der Waals surface area contributed by atoms with Gasteiger partial charge in [0.25, 0.3) is 11.6 Å². The number of nitrogens with zero attached hydrogens (tertiary/aromatic N) is 2. The van der Waals surface area contributed by atoms with Gasteiger partial charge in [-0.05, 0) is 19.1 Å². The standard InChI is InChI=1S/C11H14N2O4S/c1-8(11(14)12(2)17-3)18-10-6-4-9(5-7-10)13(15)16/h4-8H,1-3H3. The minimum Gasteiger partial charge on any atom is -0.275 e. The molecule has 0 bridgehead atoms. The van der Waals surface area contributed by atoms with Crippen LogP contribution < -0.4 is 0 Å². The second-order valence-corrected chi connectivity index (χ2v) is 4.94. The third kappa shape index (κ3) is 3.71. The van der Waals surface area contributed by atoms with Crippen LogP contribution in [-0.4, -0.2) is 35.3 Å². The first-order valence-electron chi connectivity index (χ1n) is 5.18. The summed E-state index contributed by atoms with van der Waals surface area (Å²) in [6.45, 7) is 1.75. The van der Waals surface area contributed by atoms with Gasteiger partial charge < -0.3 is 0 Å². The highest BCUT2D eigenvalue weighted by molar-refractivity contribution is 8.00. The van der Waals surface area contributed by atoms with Crippen LogP contribution in [0, 0.1) is 10.1 Å². The molecule has 0 radical (unpaired) electrons. The average molecular weight is 270 g/mol. The monoisotopic (exact) mass is 270 g/mol. The van der Waals surface area contributed by atoms with Gasteiger partial charge in [-0.3, -0.25) is 19.7 Å². The molecule has 0 aliphatic heterocycles. The number of non-ortho nitro benzene ring substituents is 1. The molecule has 7 heteroatoms. The Bertz CT molecular complexity index is 435. The van der Waals surface area contributed by atoms with Crippen LogP contribution in [0.15, 0.2) is 29.2 Å². The Labute approximate surface area is 109 Å². The van der Waals surface area contributed by atoms with Crippen LogP contribution in [0.1, 0.15) is 6.92 Å². The van der Waals surface area contributed by atoms with E-state index in [9.17, 15) is 14.9 Å². The maximum absolute atomic E-state index is 11.7. The molecule has 0 aliphatic carbocycles. The molecule has 98 valence electrons. The van der Waals surface area contributed by atoms with E-state index in [1.807, 2.05) is 0 Å². The number of nitro groups is 1. The molecule has 0 saturated heterocycles. The normalized spacial score (nSPS) is 11.9. The van der Waals surface area contributed by atoms with Crippen molar-refractivity contribution in [1.29, 1.82) is 0 Å². The summed E-state index contributed by atoms with van der Waals surface area (Å²) in [7, 11) is 2.95. The van der Waals surface area contributed by atoms with E-state index in [2.05, 4.69) is 0 Å². The predicted molar refractivity (Wildman–Crippen MR) is 68.2 cm³/mol. The Balaban J connectivity index is 2.67. The van der Waals surface area contributed by atoms with E-state index >= 15 is 0 Å². The van der Waals surface area contributed by atoms with Crippen molar-refractivity contribution in [3.63, 3.8) is 0 Å². The van der Waals surface area contributed by atoms with Crippen LogP contribution >= 0.6 is 11.8 Å². The van der Waals surface area contributed by atoms with E-state index in [1.54, 1.807) is 19.1 Å². The summed E-state index contributed by atoms with van der Waals surface area (Å²) in [4.78, 5) is 27.4. The van der Waals surface area contributed by atoms with Crippen molar-refractivity contribution < 1.29 is 14.6 Å². The highest BCUT2D eigenvalue weighted by Crippen LogP contribution is 2.26. The zero-order valence-electron chi connectivity index (χ0n) is 10.3. The zero-order valence-corrected chi connectivity index (χ0v) is 11.1. The molecule has 6 nitrogen and oxygen atoms in total. The fourth-order valence-corrected chi connectivity index (χ4v) is 2.20. The number of hydroxylamine groups is 2. The summed E-state index contributed by atoms with van der Waals surface area (Å²) < 4.78 is 0. The van der Waals surface area contributed by atoms with Crippen LogP contribution in [0.2, 0.25) is 0 Å². The van der Waals surface area contributed by atoms with E-state index in [-0.39, 0.29) is 16.8 Å².